The molecular weight excluding hydrogens is 259 g/mol. The molecule has 4 heteroatoms. The summed E-state index contributed by atoms with van der Waals surface area (Å²) < 4.78 is 13.0. The van der Waals surface area contributed by atoms with Crippen molar-refractivity contribution in [3.8, 4) is 0 Å². The fourth-order valence-corrected chi connectivity index (χ4v) is 2.59. The number of nitrogens with one attached hydrogen (secondary N) is 1. The number of benzene rings is 1. The van der Waals surface area contributed by atoms with Gasteiger partial charge in [0.2, 0.25) is 0 Å². The smallest absolute Gasteiger partial charge is 0.123 e. The van der Waals surface area contributed by atoms with Crippen molar-refractivity contribution in [2.45, 2.75) is 38.8 Å². The van der Waals surface area contributed by atoms with E-state index >= 15 is 0 Å². The van der Waals surface area contributed by atoms with E-state index in [-0.39, 0.29) is 11.9 Å². The summed E-state index contributed by atoms with van der Waals surface area (Å²) >= 11 is 1.65. The van der Waals surface area contributed by atoms with Gasteiger partial charge in [-0.05, 0) is 24.1 Å². The molecule has 1 N–H and O–H groups in total. The lowest BCUT2D eigenvalue weighted by molar-refractivity contribution is 0.481. The second-order valence-corrected chi connectivity index (χ2v) is 5.57. The number of hydrogen-bond donors (Lipinski definition) is 1. The van der Waals surface area contributed by atoms with E-state index in [1.165, 1.54) is 23.4 Å². The minimum atomic E-state index is -0.180. The largest absolute Gasteiger partial charge is 0.305 e. The maximum atomic E-state index is 13.0. The van der Waals surface area contributed by atoms with Gasteiger partial charge in [0.25, 0.3) is 0 Å². The predicted molar refractivity (Wildman–Crippen MR) is 77.6 cm³/mol. The Labute approximate surface area is 117 Å². The zero-order chi connectivity index (χ0) is 13.5. The Morgan fingerprint density at radius 2 is 2.11 bits per heavy atom. The van der Waals surface area contributed by atoms with E-state index in [1.54, 1.807) is 11.3 Å². The lowest BCUT2D eigenvalue weighted by atomic mass is 10.0. The Balaban J connectivity index is 2.00. The SMILES string of the molecule is CCCCC(NCc1cncs1)c1ccc(F)cc1. The molecule has 1 aromatic carbocycles. The maximum Gasteiger partial charge on any atom is 0.123 e. The van der Waals surface area contributed by atoms with Crippen LogP contribution in [0.4, 0.5) is 4.39 Å². The molecule has 1 unspecified atom stereocenters. The number of unbranched alkanes of at least 4 members (excludes halogenated alkanes) is 1. The van der Waals surface area contributed by atoms with E-state index in [0.29, 0.717) is 0 Å². The lowest BCUT2D eigenvalue weighted by Crippen LogP contribution is -2.20. The van der Waals surface area contributed by atoms with Crippen LogP contribution in [0.15, 0.2) is 36.0 Å². The lowest BCUT2D eigenvalue weighted by Gasteiger charge is -2.18. The van der Waals surface area contributed by atoms with Crippen LogP contribution in [0.1, 0.15) is 42.7 Å². The molecule has 1 heterocycles. The zero-order valence-corrected chi connectivity index (χ0v) is 11.9. The van der Waals surface area contributed by atoms with E-state index in [2.05, 4.69) is 17.2 Å². The third kappa shape index (κ3) is 4.40. The molecule has 0 bridgehead atoms. The maximum absolute atomic E-state index is 13.0. The van der Waals surface area contributed by atoms with Gasteiger partial charge in [-0.2, -0.15) is 0 Å². The number of hydrogen-bond acceptors (Lipinski definition) is 3. The van der Waals surface area contributed by atoms with Crippen LogP contribution in [0.2, 0.25) is 0 Å². The summed E-state index contributed by atoms with van der Waals surface area (Å²) in [6.45, 7) is 3.00. The monoisotopic (exact) mass is 278 g/mol. The number of rotatable bonds is 7. The van der Waals surface area contributed by atoms with Crippen molar-refractivity contribution in [2.75, 3.05) is 0 Å². The zero-order valence-electron chi connectivity index (χ0n) is 11.1. The molecule has 2 nitrogen and oxygen atoms in total. The second-order valence-electron chi connectivity index (χ2n) is 4.60. The molecule has 19 heavy (non-hydrogen) atoms. The molecule has 0 saturated heterocycles. The number of nitrogens with zero attached hydrogens (tertiary/aromatic N) is 1. The van der Waals surface area contributed by atoms with Gasteiger partial charge in [0.1, 0.15) is 5.82 Å². The van der Waals surface area contributed by atoms with E-state index in [4.69, 9.17) is 0 Å². The summed E-state index contributed by atoms with van der Waals surface area (Å²) in [5.41, 5.74) is 3.00. The molecule has 0 fully saturated rings. The van der Waals surface area contributed by atoms with Gasteiger partial charge in [-0.3, -0.25) is 4.98 Å². The standard InChI is InChI=1S/C15H19FN2S/c1-2-3-4-15(12-5-7-13(16)8-6-12)18-10-14-9-17-11-19-14/h5-9,11,15,18H,2-4,10H2,1H3. The Morgan fingerprint density at radius 1 is 1.32 bits per heavy atom. The van der Waals surface area contributed by atoms with Gasteiger partial charge in [-0.1, -0.05) is 31.9 Å². The molecule has 0 aliphatic carbocycles. The molecule has 0 aliphatic rings. The first-order valence-electron chi connectivity index (χ1n) is 6.66. The van der Waals surface area contributed by atoms with Crippen LogP contribution >= 0.6 is 11.3 Å². The minimum absolute atomic E-state index is 0.180. The first-order chi connectivity index (χ1) is 9.29. The molecule has 2 rings (SSSR count). The highest BCUT2D eigenvalue weighted by molar-refractivity contribution is 7.09. The van der Waals surface area contributed by atoms with Crippen LogP contribution in [0, 0.1) is 5.82 Å². The normalized spacial score (nSPS) is 12.5. The summed E-state index contributed by atoms with van der Waals surface area (Å²) in [5, 5.41) is 3.54. The highest BCUT2D eigenvalue weighted by Crippen LogP contribution is 2.21. The molecule has 0 radical (unpaired) electrons. The summed E-state index contributed by atoms with van der Waals surface area (Å²) in [7, 11) is 0. The number of aromatic nitrogens is 1. The molecule has 2 aromatic rings. The topological polar surface area (TPSA) is 24.9 Å². The van der Waals surface area contributed by atoms with Gasteiger partial charge in [-0.15, -0.1) is 11.3 Å². The minimum Gasteiger partial charge on any atom is -0.305 e. The van der Waals surface area contributed by atoms with Crippen molar-refractivity contribution >= 4 is 11.3 Å². The van der Waals surface area contributed by atoms with Crippen LogP contribution in [0.3, 0.4) is 0 Å². The first kappa shape index (κ1) is 14.2. The van der Waals surface area contributed by atoms with Crippen molar-refractivity contribution in [1.82, 2.24) is 10.3 Å². The third-order valence-corrected chi connectivity index (χ3v) is 3.90. The van der Waals surface area contributed by atoms with Crippen molar-refractivity contribution in [2.24, 2.45) is 0 Å². The fraction of sp³-hybridized carbons (Fsp3) is 0.400. The predicted octanol–water partition coefficient (Wildman–Crippen LogP) is 4.30. The van der Waals surface area contributed by atoms with Gasteiger partial charge in [-0.25, -0.2) is 4.39 Å². The molecule has 1 aromatic heterocycles. The van der Waals surface area contributed by atoms with E-state index < -0.39 is 0 Å². The molecule has 1 atom stereocenters. The molecule has 0 amide bonds. The van der Waals surface area contributed by atoms with Gasteiger partial charge >= 0.3 is 0 Å². The van der Waals surface area contributed by atoms with Crippen LogP contribution in [-0.2, 0) is 6.54 Å². The molecule has 102 valence electrons. The highest BCUT2D eigenvalue weighted by Gasteiger charge is 2.11. The first-order valence-corrected chi connectivity index (χ1v) is 7.53. The van der Waals surface area contributed by atoms with Gasteiger partial charge in [0.05, 0.1) is 5.51 Å². The summed E-state index contributed by atoms with van der Waals surface area (Å²) in [6, 6.07) is 7.08. The van der Waals surface area contributed by atoms with Crippen molar-refractivity contribution in [3.63, 3.8) is 0 Å². The number of halogens is 1. The quantitative estimate of drug-likeness (QED) is 0.816. The Morgan fingerprint density at radius 3 is 2.74 bits per heavy atom. The van der Waals surface area contributed by atoms with Crippen LogP contribution in [0.25, 0.3) is 0 Å². The van der Waals surface area contributed by atoms with Crippen LogP contribution < -0.4 is 5.32 Å². The third-order valence-electron chi connectivity index (χ3n) is 3.12. The Kier molecular flexibility index (Phi) is 5.48. The average molecular weight is 278 g/mol. The summed E-state index contributed by atoms with van der Waals surface area (Å²) in [4.78, 5) is 5.30. The molecule has 0 spiro atoms. The summed E-state index contributed by atoms with van der Waals surface area (Å²) in [5.74, 6) is -0.180. The molecule has 0 aliphatic heterocycles. The highest BCUT2D eigenvalue weighted by atomic mass is 32.1. The van der Waals surface area contributed by atoms with Crippen molar-refractivity contribution < 1.29 is 4.39 Å². The van der Waals surface area contributed by atoms with Crippen LogP contribution in [0.5, 0.6) is 0 Å². The van der Waals surface area contributed by atoms with Crippen LogP contribution in [-0.4, -0.2) is 4.98 Å². The van der Waals surface area contributed by atoms with Gasteiger partial charge < -0.3 is 5.32 Å². The fourth-order valence-electron chi connectivity index (χ4n) is 2.04. The molecular formula is C15H19FN2S. The van der Waals surface area contributed by atoms with Crippen molar-refractivity contribution in [1.29, 1.82) is 0 Å². The van der Waals surface area contributed by atoms with E-state index in [1.807, 2.05) is 23.8 Å². The summed E-state index contributed by atoms with van der Waals surface area (Å²) in [6.07, 6.45) is 5.29. The second kappa shape index (κ2) is 7.36. The molecule has 0 saturated carbocycles. The Hall–Kier alpha value is -1.26. The van der Waals surface area contributed by atoms with Crippen molar-refractivity contribution in [3.05, 3.63) is 52.2 Å². The van der Waals surface area contributed by atoms with Gasteiger partial charge in [0.15, 0.2) is 0 Å². The Bertz CT molecular complexity index is 467. The van der Waals surface area contributed by atoms with E-state index in [0.717, 1.165) is 24.9 Å². The van der Waals surface area contributed by atoms with E-state index in [9.17, 15) is 4.39 Å². The number of thiazole rings is 1. The average Bonchev–Trinajstić information content (AvgIpc) is 2.93. The van der Waals surface area contributed by atoms with Gasteiger partial charge in [0, 0.05) is 23.7 Å².